The first-order valence-corrected chi connectivity index (χ1v) is 11.0. The van der Waals surface area contributed by atoms with Gasteiger partial charge < -0.3 is 15.4 Å². The molecule has 34 heavy (non-hydrogen) atoms. The fourth-order valence-electron chi connectivity index (χ4n) is 3.35. The maximum atomic E-state index is 13.5. The number of nitrogens with one attached hydrogen (secondary N) is 2. The molecule has 0 aliphatic rings. The summed E-state index contributed by atoms with van der Waals surface area (Å²) in [5.41, 5.74) is 3.44. The number of aromatic nitrogens is 2. The molecule has 0 aliphatic heterocycles. The number of aryl methyl sites for hydroxylation is 2. The van der Waals surface area contributed by atoms with E-state index in [1.807, 2.05) is 32.0 Å². The number of nitrogens with zero attached hydrogens (tertiary/aromatic N) is 2. The molecule has 7 nitrogen and oxygen atoms in total. The van der Waals surface area contributed by atoms with E-state index in [0.717, 1.165) is 11.1 Å². The van der Waals surface area contributed by atoms with Gasteiger partial charge in [-0.2, -0.15) is 9.78 Å². The average molecular weight is 475 g/mol. The van der Waals surface area contributed by atoms with Crippen LogP contribution >= 0.6 is 11.6 Å². The second-order valence-electron chi connectivity index (χ2n) is 7.71. The van der Waals surface area contributed by atoms with E-state index in [4.69, 9.17) is 16.3 Å². The number of ether oxygens (including phenoxy) is 1. The SMILES string of the molecule is CNC(=O)c1cccc(Nc2c(Oc3ccc(C)c(C)c3)cnn(-c3cccc(Cl)c3)c2=O)c1. The van der Waals surface area contributed by atoms with Crippen LogP contribution in [0, 0.1) is 13.8 Å². The minimum atomic E-state index is -0.436. The van der Waals surface area contributed by atoms with Gasteiger partial charge in [-0.1, -0.05) is 29.8 Å². The fraction of sp³-hybridized carbons (Fsp3) is 0.115. The molecule has 0 unspecified atom stereocenters. The third kappa shape index (κ3) is 4.94. The van der Waals surface area contributed by atoms with Gasteiger partial charge in [0.1, 0.15) is 5.75 Å². The summed E-state index contributed by atoms with van der Waals surface area (Å²) in [5, 5.41) is 10.5. The molecule has 172 valence electrons. The highest BCUT2D eigenvalue weighted by Gasteiger charge is 2.16. The maximum absolute atomic E-state index is 13.5. The van der Waals surface area contributed by atoms with Crippen molar-refractivity contribution >= 4 is 28.9 Å². The fourth-order valence-corrected chi connectivity index (χ4v) is 3.54. The smallest absolute Gasteiger partial charge is 0.299 e. The lowest BCUT2D eigenvalue weighted by Gasteiger charge is -2.15. The number of anilines is 2. The number of amides is 1. The summed E-state index contributed by atoms with van der Waals surface area (Å²) >= 11 is 6.12. The first-order chi connectivity index (χ1) is 16.4. The first kappa shape index (κ1) is 23.1. The molecule has 0 saturated heterocycles. The van der Waals surface area contributed by atoms with E-state index in [-0.39, 0.29) is 17.3 Å². The van der Waals surface area contributed by atoms with Crippen LogP contribution in [-0.2, 0) is 0 Å². The molecular formula is C26H23ClN4O3. The zero-order valence-electron chi connectivity index (χ0n) is 18.9. The van der Waals surface area contributed by atoms with Crippen molar-refractivity contribution in [3.8, 4) is 17.2 Å². The van der Waals surface area contributed by atoms with E-state index < -0.39 is 5.56 Å². The van der Waals surface area contributed by atoms with Crippen LogP contribution in [0.2, 0.25) is 5.02 Å². The average Bonchev–Trinajstić information content (AvgIpc) is 2.83. The molecule has 0 radical (unpaired) electrons. The van der Waals surface area contributed by atoms with Crippen molar-refractivity contribution in [2.45, 2.75) is 13.8 Å². The van der Waals surface area contributed by atoms with Gasteiger partial charge in [-0.05, 0) is 73.5 Å². The Kier molecular flexibility index (Phi) is 6.65. The Hall–Kier alpha value is -4.10. The zero-order valence-corrected chi connectivity index (χ0v) is 19.7. The standard InChI is InChI=1S/C26H23ClN4O3/c1-16-10-11-22(12-17(16)2)34-23-15-29-31(21-9-5-7-19(27)14-21)26(33)24(23)30-20-8-4-6-18(13-20)25(32)28-3/h4-15,30H,1-3H3,(H,28,32). The molecule has 3 aromatic carbocycles. The third-order valence-corrected chi connectivity index (χ3v) is 5.56. The molecule has 0 atom stereocenters. The van der Waals surface area contributed by atoms with E-state index in [9.17, 15) is 9.59 Å². The van der Waals surface area contributed by atoms with Gasteiger partial charge in [0.15, 0.2) is 11.4 Å². The van der Waals surface area contributed by atoms with E-state index >= 15 is 0 Å². The van der Waals surface area contributed by atoms with Gasteiger partial charge in [0.25, 0.3) is 11.5 Å². The van der Waals surface area contributed by atoms with Crippen molar-refractivity contribution in [1.29, 1.82) is 0 Å². The summed E-state index contributed by atoms with van der Waals surface area (Å²) in [5.74, 6) is 0.588. The molecule has 0 bridgehead atoms. The normalized spacial score (nSPS) is 10.6. The van der Waals surface area contributed by atoms with E-state index in [1.165, 1.54) is 10.9 Å². The molecule has 1 aromatic heterocycles. The highest BCUT2D eigenvalue weighted by Crippen LogP contribution is 2.30. The van der Waals surface area contributed by atoms with Gasteiger partial charge in [-0.25, -0.2) is 0 Å². The Labute approximate surface area is 202 Å². The number of hydrogen-bond acceptors (Lipinski definition) is 5. The predicted octanol–water partition coefficient (Wildman–Crippen LogP) is 5.40. The van der Waals surface area contributed by atoms with Crippen LogP contribution < -0.4 is 20.9 Å². The summed E-state index contributed by atoms with van der Waals surface area (Å²) in [6.45, 7) is 4.00. The summed E-state index contributed by atoms with van der Waals surface area (Å²) in [4.78, 5) is 25.6. The second-order valence-corrected chi connectivity index (χ2v) is 8.15. The molecule has 1 heterocycles. The minimum absolute atomic E-state index is 0.169. The van der Waals surface area contributed by atoms with Crippen molar-refractivity contribution in [1.82, 2.24) is 15.1 Å². The number of hydrogen-bond donors (Lipinski definition) is 2. The lowest BCUT2D eigenvalue weighted by atomic mass is 10.1. The Morgan fingerprint density at radius 2 is 1.79 bits per heavy atom. The molecule has 0 aliphatic carbocycles. The molecule has 0 fully saturated rings. The monoisotopic (exact) mass is 474 g/mol. The first-order valence-electron chi connectivity index (χ1n) is 10.6. The van der Waals surface area contributed by atoms with Gasteiger partial charge in [0, 0.05) is 23.3 Å². The summed E-state index contributed by atoms with van der Waals surface area (Å²) in [6.07, 6.45) is 1.47. The molecule has 8 heteroatoms. The van der Waals surface area contributed by atoms with E-state index in [2.05, 4.69) is 15.7 Å². The van der Waals surface area contributed by atoms with Crippen molar-refractivity contribution in [2.24, 2.45) is 0 Å². The van der Waals surface area contributed by atoms with Crippen molar-refractivity contribution in [3.05, 3.63) is 105 Å². The maximum Gasteiger partial charge on any atom is 0.299 e. The number of carbonyl (C=O) groups excluding carboxylic acids is 1. The summed E-state index contributed by atoms with van der Waals surface area (Å²) in [7, 11) is 1.56. The zero-order chi connectivity index (χ0) is 24.2. The lowest BCUT2D eigenvalue weighted by Crippen LogP contribution is -2.24. The molecular weight excluding hydrogens is 452 g/mol. The van der Waals surface area contributed by atoms with Crippen LogP contribution in [0.1, 0.15) is 21.5 Å². The molecule has 4 aromatic rings. The van der Waals surface area contributed by atoms with Gasteiger partial charge in [0.05, 0.1) is 11.9 Å². The van der Waals surface area contributed by atoms with Crippen molar-refractivity contribution in [2.75, 3.05) is 12.4 Å². The highest BCUT2D eigenvalue weighted by atomic mass is 35.5. The van der Waals surface area contributed by atoms with Crippen LogP contribution in [-0.4, -0.2) is 22.7 Å². The quantitative estimate of drug-likeness (QED) is 0.391. The summed E-state index contributed by atoms with van der Waals surface area (Å²) in [6, 6.07) is 19.4. The molecule has 0 spiro atoms. The largest absolute Gasteiger partial charge is 0.453 e. The number of benzene rings is 3. The number of halogens is 1. The lowest BCUT2D eigenvalue weighted by molar-refractivity contribution is 0.0963. The summed E-state index contributed by atoms with van der Waals surface area (Å²) < 4.78 is 7.31. The Balaban J connectivity index is 1.81. The van der Waals surface area contributed by atoms with Crippen LogP contribution in [0.25, 0.3) is 5.69 Å². The van der Waals surface area contributed by atoms with Gasteiger partial charge in [-0.15, -0.1) is 0 Å². The second kappa shape index (κ2) is 9.80. The van der Waals surface area contributed by atoms with Crippen LogP contribution in [0.15, 0.2) is 77.7 Å². The third-order valence-electron chi connectivity index (χ3n) is 5.32. The van der Waals surface area contributed by atoms with E-state index in [0.29, 0.717) is 27.7 Å². The Morgan fingerprint density at radius 1 is 1.00 bits per heavy atom. The van der Waals surface area contributed by atoms with Crippen LogP contribution in [0.5, 0.6) is 11.5 Å². The van der Waals surface area contributed by atoms with Gasteiger partial charge in [-0.3, -0.25) is 9.59 Å². The Bertz CT molecular complexity index is 1430. The van der Waals surface area contributed by atoms with Gasteiger partial charge >= 0.3 is 0 Å². The Morgan fingerprint density at radius 3 is 2.53 bits per heavy atom. The topological polar surface area (TPSA) is 85.2 Å². The molecule has 0 saturated carbocycles. The highest BCUT2D eigenvalue weighted by molar-refractivity contribution is 6.30. The molecule has 1 amide bonds. The molecule has 4 rings (SSSR count). The predicted molar refractivity (Wildman–Crippen MR) is 134 cm³/mol. The van der Waals surface area contributed by atoms with E-state index in [1.54, 1.807) is 55.6 Å². The minimum Gasteiger partial charge on any atom is -0.453 e. The van der Waals surface area contributed by atoms with Crippen LogP contribution in [0.4, 0.5) is 11.4 Å². The van der Waals surface area contributed by atoms with Crippen molar-refractivity contribution < 1.29 is 9.53 Å². The molecule has 2 N–H and O–H groups in total. The van der Waals surface area contributed by atoms with Crippen LogP contribution in [0.3, 0.4) is 0 Å². The number of rotatable bonds is 6. The number of carbonyl (C=O) groups is 1. The van der Waals surface area contributed by atoms with Crippen molar-refractivity contribution in [3.63, 3.8) is 0 Å². The van der Waals surface area contributed by atoms with Gasteiger partial charge in [0.2, 0.25) is 0 Å².